The van der Waals surface area contributed by atoms with Gasteiger partial charge in [0.25, 0.3) is 11.6 Å². The third-order valence-corrected chi connectivity index (χ3v) is 3.52. The highest BCUT2D eigenvalue weighted by molar-refractivity contribution is 5.94. The summed E-state index contributed by atoms with van der Waals surface area (Å²) in [6, 6.07) is 10.5. The molecule has 0 fully saturated rings. The molecule has 0 spiro atoms. The number of carbonyl (C=O) groups is 2. The van der Waals surface area contributed by atoms with Gasteiger partial charge in [0.05, 0.1) is 4.92 Å². The van der Waals surface area contributed by atoms with E-state index < -0.39 is 23.4 Å². The molecular formula is C18H14N2O7. The number of nitrogens with zero attached hydrogens (tertiary/aromatic N) is 1. The normalized spacial score (nSPS) is 12.0. The first kappa shape index (κ1) is 17.9. The van der Waals surface area contributed by atoms with Crippen LogP contribution in [0.15, 0.2) is 48.5 Å². The quantitative estimate of drug-likeness (QED) is 0.359. The average molecular weight is 370 g/mol. The molecule has 1 heterocycles. The topological polar surface area (TPSA) is 117 Å². The van der Waals surface area contributed by atoms with Gasteiger partial charge in [-0.05, 0) is 35.9 Å². The average Bonchev–Trinajstić information content (AvgIpc) is 3.13. The van der Waals surface area contributed by atoms with Crippen LogP contribution in [0, 0.1) is 10.1 Å². The van der Waals surface area contributed by atoms with E-state index in [1.807, 2.05) is 0 Å². The Labute approximate surface area is 153 Å². The minimum atomic E-state index is -0.714. The fourth-order valence-electron chi connectivity index (χ4n) is 2.23. The fraction of sp³-hybridized carbons (Fsp3) is 0.111. The molecular weight excluding hydrogens is 356 g/mol. The second kappa shape index (κ2) is 8.00. The summed E-state index contributed by atoms with van der Waals surface area (Å²) in [5.41, 5.74) is 1.03. The minimum Gasteiger partial charge on any atom is -0.454 e. The summed E-state index contributed by atoms with van der Waals surface area (Å²) in [6.45, 7) is -0.330. The Morgan fingerprint density at radius 3 is 2.63 bits per heavy atom. The molecule has 0 aromatic heterocycles. The molecule has 1 aliphatic rings. The van der Waals surface area contributed by atoms with Crippen LogP contribution in [0.2, 0.25) is 0 Å². The van der Waals surface area contributed by atoms with Gasteiger partial charge in [0.2, 0.25) is 6.79 Å². The van der Waals surface area contributed by atoms with Gasteiger partial charge in [-0.15, -0.1) is 0 Å². The second-order valence-corrected chi connectivity index (χ2v) is 5.41. The zero-order valence-corrected chi connectivity index (χ0v) is 13.9. The minimum absolute atomic E-state index is 0.0464. The summed E-state index contributed by atoms with van der Waals surface area (Å²) in [6.07, 6.45) is 2.57. The van der Waals surface area contributed by atoms with Crippen LogP contribution in [0.4, 0.5) is 11.4 Å². The van der Waals surface area contributed by atoms with Gasteiger partial charge in [-0.3, -0.25) is 14.9 Å². The molecule has 2 aromatic rings. The molecule has 3 rings (SSSR count). The summed E-state index contributed by atoms with van der Waals surface area (Å²) in [5, 5.41) is 13.2. The summed E-state index contributed by atoms with van der Waals surface area (Å²) < 4.78 is 15.2. The highest BCUT2D eigenvalue weighted by atomic mass is 16.7. The Balaban J connectivity index is 1.46. The van der Waals surface area contributed by atoms with E-state index in [1.54, 1.807) is 18.2 Å². The van der Waals surface area contributed by atoms with Gasteiger partial charge in [-0.2, -0.15) is 0 Å². The van der Waals surface area contributed by atoms with Crippen molar-refractivity contribution < 1.29 is 28.7 Å². The first-order chi connectivity index (χ1) is 13.0. The third kappa shape index (κ3) is 4.82. The summed E-state index contributed by atoms with van der Waals surface area (Å²) >= 11 is 0. The van der Waals surface area contributed by atoms with Crippen molar-refractivity contribution in [1.82, 2.24) is 0 Å². The number of carbonyl (C=O) groups excluding carboxylic acids is 2. The van der Waals surface area contributed by atoms with Gasteiger partial charge in [0, 0.05) is 30.0 Å². The summed E-state index contributed by atoms with van der Waals surface area (Å²) in [5.74, 6) is -0.105. The maximum Gasteiger partial charge on any atom is 0.331 e. The molecule has 0 atom stereocenters. The number of nitro groups is 1. The molecule has 0 saturated heterocycles. The van der Waals surface area contributed by atoms with Crippen LogP contribution in [0.5, 0.6) is 11.5 Å². The van der Waals surface area contributed by atoms with Crippen molar-refractivity contribution in [3.8, 4) is 11.5 Å². The largest absolute Gasteiger partial charge is 0.454 e. The number of rotatable bonds is 6. The van der Waals surface area contributed by atoms with E-state index in [2.05, 4.69) is 5.32 Å². The molecule has 138 valence electrons. The lowest BCUT2D eigenvalue weighted by molar-refractivity contribution is -0.384. The molecule has 0 radical (unpaired) electrons. The molecule has 1 N–H and O–H groups in total. The Bertz CT molecular complexity index is 906. The van der Waals surface area contributed by atoms with Gasteiger partial charge in [-0.25, -0.2) is 4.79 Å². The SMILES string of the molecule is O=C(COC(=O)/C=C/c1ccc([N+](=O)[O-])cc1)Nc1ccc2c(c1)OCO2. The number of anilines is 1. The maximum atomic E-state index is 11.8. The number of fused-ring (bicyclic) bond motifs is 1. The van der Waals surface area contributed by atoms with Crippen LogP contribution in [-0.4, -0.2) is 30.2 Å². The van der Waals surface area contributed by atoms with E-state index in [0.29, 0.717) is 22.7 Å². The molecule has 0 bridgehead atoms. The van der Waals surface area contributed by atoms with Crippen LogP contribution in [-0.2, 0) is 14.3 Å². The number of non-ortho nitro benzene ring substituents is 1. The Hall–Kier alpha value is -3.88. The van der Waals surface area contributed by atoms with Gasteiger partial charge in [-0.1, -0.05) is 0 Å². The molecule has 9 heteroatoms. The van der Waals surface area contributed by atoms with Crippen LogP contribution in [0.25, 0.3) is 6.08 Å². The van der Waals surface area contributed by atoms with Crippen molar-refractivity contribution in [2.24, 2.45) is 0 Å². The Morgan fingerprint density at radius 2 is 1.89 bits per heavy atom. The number of nitrogens with one attached hydrogen (secondary N) is 1. The lowest BCUT2D eigenvalue weighted by Gasteiger charge is -2.06. The van der Waals surface area contributed by atoms with Crippen LogP contribution in [0.3, 0.4) is 0 Å². The van der Waals surface area contributed by atoms with E-state index >= 15 is 0 Å². The van der Waals surface area contributed by atoms with E-state index in [0.717, 1.165) is 6.08 Å². The van der Waals surface area contributed by atoms with Crippen LogP contribution in [0.1, 0.15) is 5.56 Å². The number of nitro benzene ring substituents is 1. The van der Waals surface area contributed by atoms with E-state index in [9.17, 15) is 19.7 Å². The number of hydrogen-bond acceptors (Lipinski definition) is 7. The van der Waals surface area contributed by atoms with Crippen molar-refractivity contribution in [3.63, 3.8) is 0 Å². The standard InChI is InChI=1S/C18H14N2O7/c21-17(19-13-4-7-15-16(9-13)27-11-26-15)10-25-18(22)8-3-12-1-5-14(6-2-12)20(23)24/h1-9H,10-11H2,(H,19,21)/b8-3+. The zero-order valence-electron chi connectivity index (χ0n) is 13.9. The van der Waals surface area contributed by atoms with Crippen LogP contribution < -0.4 is 14.8 Å². The number of benzene rings is 2. The van der Waals surface area contributed by atoms with Gasteiger partial charge >= 0.3 is 5.97 Å². The maximum absolute atomic E-state index is 11.8. The monoisotopic (exact) mass is 370 g/mol. The predicted molar refractivity (Wildman–Crippen MR) is 94.3 cm³/mol. The number of esters is 1. The van der Waals surface area contributed by atoms with Crippen molar-refractivity contribution in [3.05, 3.63) is 64.2 Å². The fourth-order valence-corrected chi connectivity index (χ4v) is 2.23. The number of hydrogen-bond donors (Lipinski definition) is 1. The molecule has 0 aliphatic carbocycles. The second-order valence-electron chi connectivity index (χ2n) is 5.41. The molecule has 9 nitrogen and oxygen atoms in total. The van der Waals surface area contributed by atoms with Gasteiger partial charge < -0.3 is 19.5 Å². The molecule has 27 heavy (non-hydrogen) atoms. The Morgan fingerprint density at radius 1 is 1.15 bits per heavy atom. The third-order valence-electron chi connectivity index (χ3n) is 3.52. The lowest BCUT2D eigenvalue weighted by atomic mass is 10.2. The molecule has 0 unspecified atom stereocenters. The number of ether oxygens (including phenoxy) is 3. The summed E-state index contributed by atoms with van der Waals surface area (Å²) in [4.78, 5) is 33.6. The lowest BCUT2D eigenvalue weighted by Crippen LogP contribution is -2.20. The molecule has 1 aliphatic heterocycles. The van der Waals surface area contributed by atoms with E-state index in [1.165, 1.54) is 30.3 Å². The van der Waals surface area contributed by atoms with Crippen molar-refractivity contribution in [1.29, 1.82) is 0 Å². The van der Waals surface area contributed by atoms with E-state index in [4.69, 9.17) is 14.2 Å². The zero-order chi connectivity index (χ0) is 19.2. The molecule has 1 amide bonds. The van der Waals surface area contributed by atoms with Crippen molar-refractivity contribution >= 4 is 29.3 Å². The first-order valence-electron chi connectivity index (χ1n) is 7.80. The Kier molecular flexibility index (Phi) is 5.31. The van der Waals surface area contributed by atoms with Crippen LogP contribution >= 0.6 is 0 Å². The molecule has 2 aromatic carbocycles. The highest BCUT2D eigenvalue weighted by Gasteiger charge is 2.14. The van der Waals surface area contributed by atoms with E-state index in [-0.39, 0.29) is 12.5 Å². The van der Waals surface area contributed by atoms with Crippen molar-refractivity contribution in [2.45, 2.75) is 0 Å². The summed E-state index contributed by atoms with van der Waals surface area (Å²) in [7, 11) is 0. The highest BCUT2D eigenvalue weighted by Crippen LogP contribution is 2.34. The van der Waals surface area contributed by atoms with Gasteiger partial charge in [0.1, 0.15) is 0 Å². The first-order valence-corrected chi connectivity index (χ1v) is 7.80. The predicted octanol–water partition coefficient (Wildman–Crippen LogP) is 2.52. The smallest absolute Gasteiger partial charge is 0.331 e. The molecule has 0 saturated carbocycles. The van der Waals surface area contributed by atoms with Crippen molar-refractivity contribution in [2.75, 3.05) is 18.7 Å². The van der Waals surface area contributed by atoms with Gasteiger partial charge in [0.15, 0.2) is 18.1 Å². The number of amides is 1.